The van der Waals surface area contributed by atoms with Crippen LogP contribution in [0.25, 0.3) is 22.3 Å². The van der Waals surface area contributed by atoms with E-state index in [-0.39, 0.29) is 22.9 Å². The summed E-state index contributed by atoms with van der Waals surface area (Å²) < 4.78 is 12.6. The second-order valence-electron chi connectivity index (χ2n) is 10.7. The molecule has 3 aromatic rings. The lowest BCUT2D eigenvalue weighted by molar-refractivity contribution is 0.0524. The molecule has 10 heteroatoms. The fourth-order valence-corrected chi connectivity index (χ4v) is 4.85. The largest absolute Gasteiger partial charge is 0.481 e. The number of piperidine rings is 1. The van der Waals surface area contributed by atoms with Crippen LogP contribution in [0.1, 0.15) is 40.0 Å². The molecular formula is C28H40N6O4. The van der Waals surface area contributed by atoms with Crippen molar-refractivity contribution in [2.45, 2.75) is 52.7 Å². The Morgan fingerprint density at radius 3 is 2.71 bits per heavy atom. The van der Waals surface area contributed by atoms with Crippen LogP contribution >= 0.6 is 0 Å². The third-order valence-corrected chi connectivity index (χ3v) is 6.76. The topological polar surface area (TPSA) is 115 Å². The number of ether oxygens (including phenoxy) is 2. The molecule has 1 unspecified atom stereocenters. The monoisotopic (exact) mass is 524 g/mol. The molecule has 1 aliphatic heterocycles. The molecule has 3 aromatic heterocycles. The first kappa shape index (κ1) is 27.9. The Morgan fingerprint density at radius 2 is 2.00 bits per heavy atom. The molecule has 1 fully saturated rings. The second kappa shape index (κ2) is 12.6. The van der Waals surface area contributed by atoms with Gasteiger partial charge in [0.2, 0.25) is 5.88 Å². The quantitative estimate of drug-likeness (QED) is 0.345. The minimum atomic E-state index is -0.263. The summed E-state index contributed by atoms with van der Waals surface area (Å²) in [6.45, 7) is 10.9. The van der Waals surface area contributed by atoms with Gasteiger partial charge in [0, 0.05) is 62.4 Å². The Bertz CT molecular complexity index is 1260. The van der Waals surface area contributed by atoms with Crippen molar-refractivity contribution in [2.75, 3.05) is 51.8 Å². The SMILES string of the molecule is CCCOCCn1c(=O)c(NCC(C)(C)CN2CCCC(O)C2)nc2ncc(-c3ccc(OC)nc3)cc21. The predicted molar refractivity (Wildman–Crippen MR) is 149 cm³/mol. The fraction of sp³-hybridized carbons (Fsp3) is 0.571. The van der Waals surface area contributed by atoms with Crippen molar-refractivity contribution in [1.29, 1.82) is 0 Å². The Labute approximate surface area is 224 Å². The predicted octanol–water partition coefficient (Wildman–Crippen LogP) is 3.18. The summed E-state index contributed by atoms with van der Waals surface area (Å²) in [6, 6.07) is 5.63. The minimum absolute atomic E-state index is 0.131. The van der Waals surface area contributed by atoms with Gasteiger partial charge in [0.15, 0.2) is 11.5 Å². The molecule has 2 N–H and O–H groups in total. The number of fused-ring (bicyclic) bond motifs is 1. The number of nitrogens with one attached hydrogen (secondary N) is 1. The molecule has 0 radical (unpaired) electrons. The average molecular weight is 525 g/mol. The fourth-order valence-electron chi connectivity index (χ4n) is 4.85. The van der Waals surface area contributed by atoms with Crippen molar-refractivity contribution in [2.24, 2.45) is 5.41 Å². The van der Waals surface area contributed by atoms with Gasteiger partial charge in [-0.05, 0) is 43.4 Å². The zero-order valence-electron chi connectivity index (χ0n) is 22.9. The van der Waals surface area contributed by atoms with E-state index in [0.29, 0.717) is 49.9 Å². The van der Waals surface area contributed by atoms with Crippen LogP contribution in [0.2, 0.25) is 0 Å². The van der Waals surface area contributed by atoms with Gasteiger partial charge in [0.05, 0.1) is 25.3 Å². The van der Waals surface area contributed by atoms with E-state index in [2.05, 4.69) is 45.9 Å². The minimum Gasteiger partial charge on any atom is -0.481 e. The molecule has 0 bridgehead atoms. The molecule has 0 amide bonds. The van der Waals surface area contributed by atoms with Crippen LogP contribution in [0, 0.1) is 5.41 Å². The molecule has 38 heavy (non-hydrogen) atoms. The Morgan fingerprint density at radius 1 is 1.18 bits per heavy atom. The van der Waals surface area contributed by atoms with Gasteiger partial charge >= 0.3 is 0 Å². The van der Waals surface area contributed by atoms with Crippen LogP contribution in [0.3, 0.4) is 0 Å². The molecular weight excluding hydrogens is 484 g/mol. The van der Waals surface area contributed by atoms with Crippen LogP contribution in [0.4, 0.5) is 5.82 Å². The van der Waals surface area contributed by atoms with Crippen molar-refractivity contribution in [3.05, 3.63) is 40.9 Å². The Hall–Kier alpha value is -3.08. The van der Waals surface area contributed by atoms with E-state index in [4.69, 9.17) is 9.47 Å². The summed E-state index contributed by atoms with van der Waals surface area (Å²) in [5.74, 6) is 0.815. The van der Waals surface area contributed by atoms with E-state index >= 15 is 0 Å². The summed E-state index contributed by atoms with van der Waals surface area (Å²) in [6.07, 6.45) is 5.99. The molecule has 0 aromatic carbocycles. The molecule has 4 heterocycles. The van der Waals surface area contributed by atoms with Gasteiger partial charge in [-0.1, -0.05) is 20.8 Å². The number of methoxy groups -OCH3 is 1. The zero-order chi connectivity index (χ0) is 27.1. The normalized spacial score (nSPS) is 16.6. The summed E-state index contributed by atoms with van der Waals surface area (Å²) in [5, 5.41) is 13.3. The van der Waals surface area contributed by atoms with Gasteiger partial charge < -0.3 is 24.8 Å². The average Bonchev–Trinajstić information content (AvgIpc) is 2.90. The zero-order valence-corrected chi connectivity index (χ0v) is 22.9. The number of rotatable bonds is 12. The lowest BCUT2D eigenvalue weighted by Crippen LogP contribution is -2.45. The Balaban J connectivity index is 1.60. The third kappa shape index (κ3) is 7.06. The first-order valence-corrected chi connectivity index (χ1v) is 13.4. The number of anilines is 1. The smallest absolute Gasteiger partial charge is 0.293 e. The van der Waals surface area contributed by atoms with Gasteiger partial charge in [-0.3, -0.25) is 9.36 Å². The highest BCUT2D eigenvalue weighted by atomic mass is 16.5. The highest BCUT2D eigenvalue weighted by Gasteiger charge is 2.26. The highest BCUT2D eigenvalue weighted by Crippen LogP contribution is 2.24. The highest BCUT2D eigenvalue weighted by molar-refractivity contribution is 5.78. The maximum Gasteiger partial charge on any atom is 0.293 e. The standard InChI is InChI=1S/C28H40N6O4/c1-5-12-38-13-11-34-23-14-21(20-8-9-24(37-4)29-15-20)16-30-25(23)32-26(27(34)36)31-18-28(2,3)19-33-10-6-7-22(35)17-33/h8-9,14-16,22,35H,5-7,10-13,17-19H2,1-4H3,(H,30,31,32). The van der Waals surface area contributed by atoms with Crippen molar-refractivity contribution >= 4 is 17.0 Å². The molecule has 206 valence electrons. The first-order valence-electron chi connectivity index (χ1n) is 13.4. The number of hydrogen-bond acceptors (Lipinski definition) is 9. The van der Waals surface area contributed by atoms with E-state index in [1.807, 2.05) is 12.1 Å². The number of nitrogens with zero attached hydrogens (tertiary/aromatic N) is 5. The number of aliphatic hydroxyl groups excluding tert-OH is 1. The summed E-state index contributed by atoms with van der Waals surface area (Å²) >= 11 is 0. The number of aromatic nitrogens is 4. The number of likely N-dealkylation sites (tertiary alicyclic amines) is 1. The first-order chi connectivity index (χ1) is 18.3. The molecule has 0 aliphatic carbocycles. The summed E-state index contributed by atoms with van der Waals surface area (Å²) in [4.78, 5) is 29.4. The second-order valence-corrected chi connectivity index (χ2v) is 10.7. The summed E-state index contributed by atoms with van der Waals surface area (Å²) in [7, 11) is 1.58. The van der Waals surface area contributed by atoms with Crippen LogP contribution in [-0.4, -0.2) is 82.1 Å². The molecule has 1 atom stereocenters. The van der Waals surface area contributed by atoms with Crippen molar-refractivity contribution < 1.29 is 14.6 Å². The lowest BCUT2D eigenvalue weighted by Gasteiger charge is -2.36. The molecule has 1 saturated heterocycles. The number of pyridine rings is 2. The number of hydrogen-bond donors (Lipinski definition) is 2. The molecule has 4 rings (SSSR count). The van der Waals surface area contributed by atoms with Crippen LogP contribution in [0.5, 0.6) is 5.88 Å². The lowest BCUT2D eigenvalue weighted by atomic mass is 9.91. The van der Waals surface area contributed by atoms with Gasteiger partial charge in [-0.2, -0.15) is 0 Å². The molecule has 0 spiro atoms. The van der Waals surface area contributed by atoms with E-state index < -0.39 is 0 Å². The van der Waals surface area contributed by atoms with Gasteiger partial charge in [0.1, 0.15) is 0 Å². The number of aliphatic hydroxyl groups is 1. The van der Waals surface area contributed by atoms with Crippen LogP contribution in [-0.2, 0) is 11.3 Å². The van der Waals surface area contributed by atoms with Crippen molar-refractivity contribution in [3.8, 4) is 17.0 Å². The van der Waals surface area contributed by atoms with Gasteiger partial charge in [-0.15, -0.1) is 0 Å². The molecule has 10 nitrogen and oxygen atoms in total. The third-order valence-electron chi connectivity index (χ3n) is 6.76. The van der Waals surface area contributed by atoms with E-state index in [0.717, 1.165) is 43.5 Å². The van der Waals surface area contributed by atoms with E-state index in [1.165, 1.54) is 0 Å². The Kier molecular flexibility index (Phi) is 9.30. The molecule has 1 aliphatic rings. The summed E-state index contributed by atoms with van der Waals surface area (Å²) in [5.41, 5.74) is 2.51. The molecule has 0 saturated carbocycles. The van der Waals surface area contributed by atoms with Crippen LogP contribution in [0.15, 0.2) is 35.4 Å². The number of β-amino-alcohol motifs (C(OH)–C–C–N with tert-alkyl or cyclic N) is 1. The van der Waals surface area contributed by atoms with Crippen molar-refractivity contribution in [1.82, 2.24) is 24.4 Å². The van der Waals surface area contributed by atoms with Crippen molar-refractivity contribution in [3.63, 3.8) is 0 Å². The van der Waals surface area contributed by atoms with Crippen LogP contribution < -0.4 is 15.6 Å². The maximum atomic E-state index is 13.6. The van der Waals surface area contributed by atoms with Gasteiger partial charge in [0.25, 0.3) is 5.56 Å². The van der Waals surface area contributed by atoms with Gasteiger partial charge in [-0.25, -0.2) is 15.0 Å². The van der Waals surface area contributed by atoms with E-state index in [1.54, 1.807) is 30.1 Å². The maximum absolute atomic E-state index is 13.6. The van der Waals surface area contributed by atoms with E-state index in [9.17, 15) is 9.90 Å².